The van der Waals surface area contributed by atoms with Gasteiger partial charge in [-0.1, -0.05) is 55.7 Å². The van der Waals surface area contributed by atoms with Gasteiger partial charge >= 0.3 is 0 Å². The van der Waals surface area contributed by atoms with Crippen molar-refractivity contribution in [3.8, 4) is 0 Å². The Morgan fingerprint density at radius 1 is 1.00 bits per heavy atom. The molecule has 4 atom stereocenters. The van der Waals surface area contributed by atoms with Crippen LogP contribution in [0.2, 0.25) is 0 Å². The zero-order valence-corrected chi connectivity index (χ0v) is 22.0. The quantitative estimate of drug-likeness (QED) is 0.321. The van der Waals surface area contributed by atoms with Gasteiger partial charge < -0.3 is 5.11 Å². The van der Waals surface area contributed by atoms with E-state index < -0.39 is 34.2 Å². The van der Waals surface area contributed by atoms with Gasteiger partial charge in [-0.25, -0.2) is 0 Å². The van der Waals surface area contributed by atoms with Crippen LogP contribution in [0.3, 0.4) is 0 Å². The molecule has 33 heavy (non-hydrogen) atoms. The number of rotatable bonds is 8. The van der Waals surface area contributed by atoms with Crippen LogP contribution in [0.25, 0.3) is 0 Å². The summed E-state index contributed by atoms with van der Waals surface area (Å²) in [6.45, 7) is 17.2. The minimum Gasteiger partial charge on any atom is -0.511 e. The van der Waals surface area contributed by atoms with Gasteiger partial charge in [-0.15, -0.1) is 0 Å². The van der Waals surface area contributed by atoms with Crippen molar-refractivity contribution in [1.82, 2.24) is 0 Å². The second-order valence-electron chi connectivity index (χ2n) is 11.1. The number of aliphatic hydroxyl groups excluding tert-OH is 1. The van der Waals surface area contributed by atoms with Gasteiger partial charge in [0.05, 0.1) is 5.41 Å². The third-order valence-corrected chi connectivity index (χ3v) is 7.48. The Labute approximate surface area is 199 Å². The normalized spacial score (nSPS) is 29.2. The van der Waals surface area contributed by atoms with Gasteiger partial charge in [0.2, 0.25) is 0 Å². The van der Waals surface area contributed by atoms with Gasteiger partial charge in [-0.2, -0.15) is 0 Å². The maximum atomic E-state index is 14.3. The predicted octanol–water partition coefficient (Wildman–Crippen LogP) is 6.87. The molecule has 0 aromatic carbocycles. The topological polar surface area (TPSA) is 71.4 Å². The van der Waals surface area contributed by atoms with Gasteiger partial charge in [0.1, 0.15) is 5.76 Å². The zero-order chi connectivity index (χ0) is 25.3. The number of fused-ring (bicyclic) bond motifs is 2. The first-order valence-corrected chi connectivity index (χ1v) is 12.2. The molecule has 4 unspecified atom stereocenters. The molecule has 4 heteroatoms. The molecule has 0 heterocycles. The average Bonchev–Trinajstić information content (AvgIpc) is 2.71. The molecule has 2 aliphatic rings. The number of carbonyl (C=O) groups excluding carboxylic acids is 3. The van der Waals surface area contributed by atoms with Crippen molar-refractivity contribution < 1.29 is 19.5 Å². The van der Waals surface area contributed by atoms with E-state index in [0.717, 1.165) is 16.7 Å². The summed E-state index contributed by atoms with van der Waals surface area (Å²) in [7, 11) is 0. The van der Waals surface area contributed by atoms with Crippen molar-refractivity contribution in [3.05, 3.63) is 46.3 Å². The number of allylic oxidation sites excluding steroid dienone is 8. The van der Waals surface area contributed by atoms with Crippen molar-refractivity contribution in [3.63, 3.8) is 0 Å². The van der Waals surface area contributed by atoms with Gasteiger partial charge in [0.25, 0.3) is 0 Å². The van der Waals surface area contributed by atoms with E-state index in [2.05, 4.69) is 6.08 Å². The molecule has 1 fully saturated rings. The first-order valence-electron chi connectivity index (χ1n) is 12.2. The molecular weight excluding hydrogens is 412 g/mol. The monoisotopic (exact) mass is 454 g/mol. The Morgan fingerprint density at radius 2 is 1.55 bits per heavy atom. The van der Waals surface area contributed by atoms with E-state index in [0.29, 0.717) is 19.3 Å². The fourth-order valence-electron chi connectivity index (χ4n) is 5.53. The molecule has 0 saturated heterocycles. The van der Waals surface area contributed by atoms with Crippen LogP contribution in [-0.4, -0.2) is 22.5 Å². The maximum absolute atomic E-state index is 14.3. The first-order chi connectivity index (χ1) is 15.2. The summed E-state index contributed by atoms with van der Waals surface area (Å²) in [4.78, 5) is 42.2. The fourth-order valence-corrected chi connectivity index (χ4v) is 5.53. The second kappa shape index (κ2) is 9.95. The summed E-state index contributed by atoms with van der Waals surface area (Å²) in [5, 5.41) is 11.6. The minimum atomic E-state index is -1.74. The van der Waals surface area contributed by atoms with Gasteiger partial charge in [0.15, 0.2) is 22.8 Å². The summed E-state index contributed by atoms with van der Waals surface area (Å²) in [6, 6.07) is 0. The number of hydrogen-bond acceptors (Lipinski definition) is 4. The molecule has 1 saturated carbocycles. The lowest BCUT2D eigenvalue weighted by atomic mass is 9.44. The van der Waals surface area contributed by atoms with Gasteiger partial charge in [-0.05, 0) is 79.1 Å². The standard InChI is InChI=1S/C29H42O4/c1-17(2)10-12-22-16-28(15-14-19(5)6)25(31)23(13-11-18(3)4)26(32)29(21(22)9,27(28)33)24(30)20(7)8/h10-11,14,20-22,31H,12-13,15-16H2,1-9H3. The third kappa shape index (κ3) is 4.58. The Kier molecular flexibility index (Phi) is 8.14. The highest BCUT2D eigenvalue weighted by atomic mass is 16.3. The van der Waals surface area contributed by atoms with Crippen LogP contribution in [0.4, 0.5) is 0 Å². The molecule has 4 nitrogen and oxygen atoms in total. The molecular formula is C29H42O4. The summed E-state index contributed by atoms with van der Waals surface area (Å²) in [5.74, 6) is -2.27. The molecule has 0 aromatic rings. The first kappa shape index (κ1) is 27.0. The van der Waals surface area contributed by atoms with Crippen molar-refractivity contribution in [2.45, 2.75) is 88.0 Å². The summed E-state index contributed by atoms with van der Waals surface area (Å²) in [6.07, 6.45) is 7.61. The van der Waals surface area contributed by atoms with Crippen molar-refractivity contribution in [2.75, 3.05) is 0 Å². The Balaban J connectivity index is 2.92. The van der Waals surface area contributed by atoms with Crippen LogP contribution < -0.4 is 0 Å². The molecule has 0 amide bonds. The van der Waals surface area contributed by atoms with E-state index in [-0.39, 0.29) is 29.5 Å². The molecule has 0 aromatic heterocycles. The van der Waals surface area contributed by atoms with Crippen molar-refractivity contribution in [2.24, 2.45) is 28.6 Å². The molecule has 182 valence electrons. The largest absolute Gasteiger partial charge is 0.511 e. The molecule has 2 aliphatic carbocycles. The van der Waals surface area contributed by atoms with E-state index in [1.165, 1.54) is 0 Å². The van der Waals surface area contributed by atoms with Crippen LogP contribution in [0.5, 0.6) is 0 Å². The van der Waals surface area contributed by atoms with Crippen LogP contribution in [0.1, 0.15) is 88.0 Å². The molecule has 2 rings (SSSR count). The van der Waals surface area contributed by atoms with Crippen LogP contribution >= 0.6 is 0 Å². The van der Waals surface area contributed by atoms with Crippen LogP contribution in [0.15, 0.2) is 46.3 Å². The molecule has 0 radical (unpaired) electrons. The zero-order valence-electron chi connectivity index (χ0n) is 22.0. The Morgan fingerprint density at radius 3 is 2.03 bits per heavy atom. The van der Waals surface area contributed by atoms with Crippen molar-refractivity contribution in [1.29, 1.82) is 0 Å². The second-order valence-corrected chi connectivity index (χ2v) is 11.1. The van der Waals surface area contributed by atoms with Crippen LogP contribution in [0, 0.1) is 28.6 Å². The Bertz CT molecular complexity index is 946. The number of aliphatic hydroxyl groups is 1. The number of carbonyl (C=O) groups is 3. The smallest absolute Gasteiger partial charge is 0.183 e. The summed E-state index contributed by atoms with van der Waals surface area (Å²) >= 11 is 0. The molecule has 2 bridgehead atoms. The number of Topliss-reactive ketones (excluding diaryl/α,β-unsaturated/α-hetero) is 3. The highest BCUT2D eigenvalue weighted by Crippen LogP contribution is 2.61. The van der Waals surface area contributed by atoms with E-state index in [4.69, 9.17) is 0 Å². The van der Waals surface area contributed by atoms with Crippen molar-refractivity contribution >= 4 is 17.3 Å². The number of ketones is 3. The predicted molar refractivity (Wildman–Crippen MR) is 134 cm³/mol. The summed E-state index contributed by atoms with van der Waals surface area (Å²) < 4.78 is 0. The number of hydrogen-bond donors (Lipinski definition) is 1. The van der Waals surface area contributed by atoms with E-state index in [9.17, 15) is 19.5 Å². The van der Waals surface area contributed by atoms with Crippen LogP contribution in [-0.2, 0) is 14.4 Å². The lowest BCUT2D eigenvalue weighted by Crippen LogP contribution is -2.66. The molecule has 1 N–H and O–H groups in total. The van der Waals surface area contributed by atoms with Gasteiger partial charge in [-0.3, -0.25) is 14.4 Å². The van der Waals surface area contributed by atoms with E-state index in [1.54, 1.807) is 13.8 Å². The minimum absolute atomic E-state index is 0.0676. The molecule has 0 spiro atoms. The Hall–Kier alpha value is -2.23. The third-order valence-electron chi connectivity index (χ3n) is 7.48. The van der Waals surface area contributed by atoms with E-state index in [1.807, 2.05) is 60.6 Å². The SMILES string of the molecule is CC(C)=CCC1=C(O)C2(CC=C(C)C)CC(CC=C(C)C)C(C)C(C(=O)C(C)C)(C1=O)C2=O. The van der Waals surface area contributed by atoms with Gasteiger partial charge in [0, 0.05) is 11.5 Å². The summed E-state index contributed by atoms with van der Waals surface area (Å²) in [5.41, 5.74) is 0.462. The fraction of sp³-hybridized carbons (Fsp3) is 0.621. The highest BCUT2D eigenvalue weighted by Gasteiger charge is 2.70. The lowest BCUT2D eigenvalue weighted by molar-refractivity contribution is -0.168. The van der Waals surface area contributed by atoms with E-state index >= 15 is 0 Å². The highest BCUT2D eigenvalue weighted by molar-refractivity contribution is 6.33. The average molecular weight is 455 g/mol. The maximum Gasteiger partial charge on any atom is 0.183 e. The molecule has 0 aliphatic heterocycles. The lowest BCUT2D eigenvalue weighted by Gasteiger charge is -2.55.